The van der Waals surface area contributed by atoms with Gasteiger partial charge in [0.15, 0.2) is 0 Å². The van der Waals surface area contributed by atoms with Crippen LogP contribution in [-0.4, -0.2) is 43.5 Å². The normalized spacial score (nSPS) is 17.5. The average molecular weight is 322 g/mol. The molecule has 0 unspecified atom stereocenters. The summed E-state index contributed by atoms with van der Waals surface area (Å²) in [6.45, 7) is 3.66. The second kappa shape index (κ2) is 8.06. The number of likely N-dealkylation sites (tertiary alicyclic amines) is 1. The van der Waals surface area contributed by atoms with Gasteiger partial charge in [0.25, 0.3) is 0 Å². The Labute approximate surface area is 135 Å². The summed E-state index contributed by atoms with van der Waals surface area (Å²) in [4.78, 5) is 25.2. The second-order valence-electron chi connectivity index (χ2n) is 5.89. The van der Waals surface area contributed by atoms with E-state index in [0.29, 0.717) is 12.5 Å². The van der Waals surface area contributed by atoms with Gasteiger partial charge in [-0.3, -0.25) is 9.69 Å². The van der Waals surface area contributed by atoms with E-state index >= 15 is 0 Å². The number of hydrogen-bond donors (Lipinski definition) is 1. The van der Waals surface area contributed by atoms with Gasteiger partial charge in [0, 0.05) is 13.5 Å². The SMILES string of the molecule is COC(=O)[C@@H](c1ccc(F)cc1)N1CCC(CNC(C)=O)CC1. The second-order valence-corrected chi connectivity index (χ2v) is 5.89. The number of ether oxygens (including phenoxy) is 1. The molecule has 1 amide bonds. The van der Waals surface area contributed by atoms with Gasteiger partial charge in [-0.25, -0.2) is 9.18 Å². The minimum Gasteiger partial charge on any atom is -0.468 e. The number of carbonyl (C=O) groups is 2. The summed E-state index contributed by atoms with van der Waals surface area (Å²) in [5.74, 6) is -0.267. The lowest BCUT2D eigenvalue weighted by atomic mass is 9.94. The molecule has 1 heterocycles. The molecule has 0 aromatic heterocycles. The van der Waals surface area contributed by atoms with Crippen LogP contribution >= 0.6 is 0 Å². The number of nitrogens with one attached hydrogen (secondary N) is 1. The zero-order valence-corrected chi connectivity index (χ0v) is 13.5. The van der Waals surface area contributed by atoms with Crippen LogP contribution in [0.4, 0.5) is 4.39 Å². The monoisotopic (exact) mass is 322 g/mol. The van der Waals surface area contributed by atoms with Gasteiger partial charge in [-0.1, -0.05) is 12.1 Å². The molecule has 23 heavy (non-hydrogen) atoms. The van der Waals surface area contributed by atoms with Gasteiger partial charge < -0.3 is 10.1 Å². The van der Waals surface area contributed by atoms with Gasteiger partial charge >= 0.3 is 5.97 Å². The molecule has 1 aromatic carbocycles. The Morgan fingerprint density at radius 3 is 2.43 bits per heavy atom. The molecule has 1 aliphatic rings. The van der Waals surface area contributed by atoms with Crippen molar-refractivity contribution in [2.24, 2.45) is 5.92 Å². The average Bonchev–Trinajstić information content (AvgIpc) is 2.55. The van der Waals surface area contributed by atoms with E-state index < -0.39 is 6.04 Å². The molecule has 126 valence electrons. The van der Waals surface area contributed by atoms with Crippen LogP contribution in [0.5, 0.6) is 0 Å². The predicted octanol–water partition coefficient (Wildman–Crippen LogP) is 1.89. The molecule has 0 spiro atoms. The number of methoxy groups -OCH3 is 1. The van der Waals surface area contributed by atoms with Crippen molar-refractivity contribution in [1.82, 2.24) is 10.2 Å². The third-order valence-corrected chi connectivity index (χ3v) is 4.26. The van der Waals surface area contributed by atoms with Crippen LogP contribution < -0.4 is 5.32 Å². The minimum absolute atomic E-state index is 0.0221. The van der Waals surface area contributed by atoms with E-state index in [9.17, 15) is 14.0 Å². The molecule has 1 aromatic rings. The first-order valence-corrected chi connectivity index (χ1v) is 7.83. The quantitative estimate of drug-likeness (QED) is 0.841. The summed E-state index contributed by atoms with van der Waals surface area (Å²) in [6, 6.07) is 5.45. The highest BCUT2D eigenvalue weighted by Gasteiger charge is 2.31. The number of amides is 1. The molecule has 0 bridgehead atoms. The Balaban J connectivity index is 2.02. The van der Waals surface area contributed by atoms with Crippen LogP contribution in [-0.2, 0) is 14.3 Å². The highest BCUT2D eigenvalue weighted by atomic mass is 19.1. The molecule has 1 fully saturated rings. The van der Waals surface area contributed by atoms with Gasteiger partial charge in [0.1, 0.15) is 11.9 Å². The number of esters is 1. The Morgan fingerprint density at radius 1 is 1.30 bits per heavy atom. The Morgan fingerprint density at radius 2 is 1.91 bits per heavy atom. The van der Waals surface area contributed by atoms with E-state index in [4.69, 9.17) is 4.74 Å². The molecule has 0 aliphatic carbocycles. The van der Waals surface area contributed by atoms with Crippen molar-refractivity contribution in [3.63, 3.8) is 0 Å². The summed E-state index contributed by atoms with van der Waals surface area (Å²) in [5, 5.41) is 2.84. The fourth-order valence-corrected chi connectivity index (χ4v) is 2.96. The number of halogens is 1. The van der Waals surface area contributed by atoms with E-state index in [0.717, 1.165) is 31.5 Å². The number of benzene rings is 1. The van der Waals surface area contributed by atoms with Gasteiger partial charge in [-0.2, -0.15) is 0 Å². The molecule has 2 rings (SSSR count). The van der Waals surface area contributed by atoms with Gasteiger partial charge in [0.2, 0.25) is 5.91 Å². The van der Waals surface area contributed by atoms with E-state index in [1.54, 1.807) is 12.1 Å². The third-order valence-electron chi connectivity index (χ3n) is 4.26. The highest BCUT2D eigenvalue weighted by molar-refractivity contribution is 5.77. The standard InChI is InChI=1S/C17H23FN2O3/c1-12(21)19-11-13-7-9-20(10-8-13)16(17(22)23-2)14-3-5-15(18)6-4-14/h3-6,13,16H,7-11H2,1-2H3,(H,19,21)/t16-/m1/s1. The first kappa shape index (κ1) is 17.4. The Kier molecular flexibility index (Phi) is 6.10. The molecule has 6 heteroatoms. The lowest BCUT2D eigenvalue weighted by Crippen LogP contribution is -2.42. The number of nitrogens with zero attached hydrogens (tertiary/aromatic N) is 1. The maximum absolute atomic E-state index is 13.1. The number of carbonyl (C=O) groups excluding carboxylic acids is 2. The zero-order valence-electron chi connectivity index (χ0n) is 13.5. The summed E-state index contributed by atoms with van der Waals surface area (Å²) < 4.78 is 18.0. The maximum atomic E-state index is 13.1. The molecule has 1 atom stereocenters. The van der Waals surface area contributed by atoms with Crippen molar-refractivity contribution >= 4 is 11.9 Å². The number of hydrogen-bond acceptors (Lipinski definition) is 4. The van der Waals surface area contributed by atoms with E-state index in [-0.39, 0.29) is 17.7 Å². The van der Waals surface area contributed by atoms with Crippen LogP contribution in [0.1, 0.15) is 31.4 Å². The maximum Gasteiger partial charge on any atom is 0.327 e. The molecule has 5 nitrogen and oxygen atoms in total. The minimum atomic E-state index is -0.512. The van der Waals surface area contributed by atoms with Crippen LogP contribution in [0, 0.1) is 11.7 Å². The van der Waals surface area contributed by atoms with Crippen LogP contribution in [0.3, 0.4) is 0 Å². The first-order valence-electron chi connectivity index (χ1n) is 7.83. The Hall–Kier alpha value is -1.95. The number of piperidine rings is 1. The van der Waals surface area contributed by atoms with Crippen LogP contribution in [0.15, 0.2) is 24.3 Å². The molecular formula is C17H23FN2O3. The van der Waals surface area contributed by atoms with Crippen LogP contribution in [0.2, 0.25) is 0 Å². The predicted molar refractivity (Wildman–Crippen MR) is 84.1 cm³/mol. The van der Waals surface area contributed by atoms with E-state index in [2.05, 4.69) is 10.2 Å². The topological polar surface area (TPSA) is 58.6 Å². The summed E-state index contributed by atoms with van der Waals surface area (Å²) >= 11 is 0. The number of rotatable bonds is 5. The summed E-state index contributed by atoms with van der Waals surface area (Å²) in [5.41, 5.74) is 0.735. The summed E-state index contributed by atoms with van der Waals surface area (Å²) in [7, 11) is 1.36. The van der Waals surface area contributed by atoms with E-state index in [1.165, 1.54) is 26.2 Å². The zero-order chi connectivity index (χ0) is 16.8. The van der Waals surface area contributed by atoms with Crippen LogP contribution in [0.25, 0.3) is 0 Å². The van der Waals surface area contributed by atoms with Crippen molar-refractivity contribution in [3.05, 3.63) is 35.6 Å². The van der Waals surface area contributed by atoms with Crippen molar-refractivity contribution in [2.45, 2.75) is 25.8 Å². The lowest BCUT2D eigenvalue weighted by molar-refractivity contribution is -0.148. The van der Waals surface area contributed by atoms with Crippen molar-refractivity contribution in [3.8, 4) is 0 Å². The summed E-state index contributed by atoms with van der Waals surface area (Å²) in [6.07, 6.45) is 1.80. The largest absolute Gasteiger partial charge is 0.468 e. The van der Waals surface area contributed by atoms with Gasteiger partial charge in [-0.05, 0) is 49.5 Å². The van der Waals surface area contributed by atoms with Crippen molar-refractivity contribution in [1.29, 1.82) is 0 Å². The fourth-order valence-electron chi connectivity index (χ4n) is 2.96. The fraction of sp³-hybridized carbons (Fsp3) is 0.529. The molecule has 1 aliphatic heterocycles. The molecule has 1 saturated heterocycles. The third kappa shape index (κ3) is 4.76. The van der Waals surface area contributed by atoms with Crippen molar-refractivity contribution in [2.75, 3.05) is 26.7 Å². The highest BCUT2D eigenvalue weighted by Crippen LogP contribution is 2.28. The van der Waals surface area contributed by atoms with Gasteiger partial charge in [-0.15, -0.1) is 0 Å². The smallest absolute Gasteiger partial charge is 0.327 e. The molecular weight excluding hydrogens is 299 g/mol. The molecule has 1 N–H and O–H groups in total. The van der Waals surface area contributed by atoms with Gasteiger partial charge in [0.05, 0.1) is 7.11 Å². The molecule has 0 saturated carbocycles. The Bertz CT molecular complexity index is 539. The molecule has 0 radical (unpaired) electrons. The van der Waals surface area contributed by atoms with E-state index in [1.807, 2.05) is 0 Å². The van der Waals surface area contributed by atoms with Crippen molar-refractivity contribution < 1.29 is 18.7 Å². The lowest BCUT2D eigenvalue weighted by Gasteiger charge is -2.36. The first-order chi connectivity index (χ1) is 11.0.